The second kappa shape index (κ2) is 12.5. The largest absolute Gasteiger partial charge is 0.436 e. The first-order valence-electron chi connectivity index (χ1n) is 16.9. The van der Waals surface area contributed by atoms with Gasteiger partial charge in [0.05, 0.1) is 0 Å². The van der Waals surface area contributed by atoms with Crippen LogP contribution in [0.2, 0.25) is 0 Å². The third kappa shape index (κ3) is 5.58. The van der Waals surface area contributed by atoms with Crippen molar-refractivity contribution in [2.45, 2.75) is 26.2 Å². The Hall–Kier alpha value is -6.47. The molecule has 0 aliphatic carbocycles. The number of hydrogen-bond donors (Lipinski definition) is 0. The third-order valence-corrected chi connectivity index (χ3v) is 8.98. The summed E-state index contributed by atoms with van der Waals surface area (Å²) in [4.78, 5) is 16.4. The monoisotopic (exact) mass is 652 g/mol. The van der Waals surface area contributed by atoms with E-state index in [1.165, 1.54) is 5.56 Å². The van der Waals surface area contributed by atoms with Gasteiger partial charge in [-0.15, -0.1) is 0 Å². The molecule has 0 fully saturated rings. The zero-order valence-corrected chi connectivity index (χ0v) is 27.4. The molecule has 6 aromatic carbocycles. The van der Waals surface area contributed by atoms with E-state index in [1.54, 1.807) is 0 Å². The average Bonchev–Trinajstić information content (AvgIpc) is 3.92. The molecule has 0 spiro atoms. The van der Waals surface area contributed by atoms with Gasteiger partial charge in [0.1, 0.15) is 16.6 Å². The van der Waals surface area contributed by atoms with Crippen LogP contribution in [-0.2, 0) is 6.42 Å². The van der Waals surface area contributed by atoms with Crippen molar-refractivity contribution >= 4 is 50.4 Å². The van der Waals surface area contributed by atoms with E-state index < -0.39 is 0 Å². The summed E-state index contributed by atoms with van der Waals surface area (Å²) in [5.41, 5.74) is 11.8. The summed E-state index contributed by atoms with van der Waals surface area (Å²) in [5, 5.41) is 0. The standard InChI is InChI=1S/C43H32N4O3/c1-2-3-8-28-13-26-40-37(27-28)46-43(50-40)31-18-24-34(25-19-31)47(32-20-14-29(15-21-32)41-44-35-9-4-6-11-38(35)48-41)33-22-16-30(17-23-33)42-45-36-10-5-7-12-39(36)49-42/h4-7,9-27H,2-3,8H2,1H3. The van der Waals surface area contributed by atoms with Crippen LogP contribution in [0.4, 0.5) is 17.1 Å². The van der Waals surface area contributed by atoms with Gasteiger partial charge in [0, 0.05) is 33.8 Å². The van der Waals surface area contributed by atoms with Crippen molar-refractivity contribution in [3.8, 4) is 34.4 Å². The van der Waals surface area contributed by atoms with E-state index in [1.807, 2.05) is 78.9 Å². The summed E-state index contributed by atoms with van der Waals surface area (Å²) < 4.78 is 18.3. The van der Waals surface area contributed by atoms with Gasteiger partial charge in [-0.05, 0) is 128 Å². The van der Waals surface area contributed by atoms with Gasteiger partial charge >= 0.3 is 0 Å². The van der Waals surface area contributed by atoms with Crippen LogP contribution in [0.1, 0.15) is 25.3 Å². The zero-order valence-electron chi connectivity index (χ0n) is 27.4. The number of anilines is 3. The summed E-state index contributed by atoms with van der Waals surface area (Å²) in [7, 11) is 0. The zero-order chi connectivity index (χ0) is 33.4. The fourth-order valence-corrected chi connectivity index (χ4v) is 6.33. The number of unbranched alkanes of at least 4 members (excludes halogenated alkanes) is 1. The summed E-state index contributed by atoms with van der Waals surface area (Å²) >= 11 is 0. The molecule has 0 N–H and O–H groups in total. The van der Waals surface area contributed by atoms with Gasteiger partial charge in [0.2, 0.25) is 17.7 Å². The first kappa shape index (κ1) is 29.7. The van der Waals surface area contributed by atoms with Crippen molar-refractivity contribution in [1.29, 1.82) is 0 Å². The SMILES string of the molecule is CCCCc1ccc2oc(-c3ccc(N(c4ccc(-c5nc6ccccc6o5)cc4)c4ccc(-c5nc6ccccc6o5)cc4)cc3)nc2c1. The molecule has 0 unspecified atom stereocenters. The molecule has 3 aromatic heterocycles. The Balaban J connectivity index is 1.06. The van der Waals surface area contributed by atoms with E-state index in [0.29, 0.717) is 17.7 Å². The smallest absolute Gasteiger partial charge is 0.227 e. The average molecular weight is 653 g/mol. The second-order valence-electron chi connectivity index (χ2n) is 12.4. The molecule has 7 nitrogen and oxygen atoms in total. The summed E-state index contributed by atoms with van der Waals surface area (Å²) in [5.74, 6) is 1.79. The molecule has 7 heteroatoms. The number of oxazole rings is 3. The van der Waals surface area contributed by atoms with Crippen LogP contribution in [0.5, 0.6) is 0 Å². The topological polar surface area (TPSA) is 81.3 Å². The molecule has 9 rings (SSSR count). The molecule has 0 amide bonds. The van der Waals surface area contributed by atoms with E-state index in [4.69, 9.17) is 28.2 Å². The highest BCUT2D eigenvalue weighted by molar-refractivity contribution is 5.82. The molecule has 0 aliphatic heterocycles. The van der Waals surface area contributed by atoms with Crippen LogP contribution in [0.3, 0.4) is 0 Å². The number of hydrogen-bond acceptors (Lipinski definition) is 7. The van der Waals surface area contributed by atoms with Gasteiger partial charge < -0.3 is 18.2 Å². The molecule has 0 saturated carbocycles. The maximum absolute atomic E-state index is 6.18. The van der Waals surface area contributed by atoms with Crippen molar-refractivity contribution in [2.75, 3.05) is 4.90 Å². The molecule has 242 valence electrons. The Labute approximate surface area is 288 Å². The quantitative estimate of drug-likeness (QED) is 0.153. The predicted octanol–water partition coefficient (Wildman–Crippen LogP) is 11.9. The van der Waals surface area contributed by atoms with Gasteiger partial charge in [0.15, 0.2) is 16.7 Å². The van der Waals surface area contributed by atoms with Crippen LogP contribution < -0.4 is 4.90 Å². The third-order valence-electron chi connectivity index (χ3n) is 8.98. The van der Waals surface area contributed by atoms with Crippen LogP contribution in [-0.4, -0.2) is 15.0 Å². The van der Waals surface area contributed by atoms with E-state index in [0.717, 1.165) is 86.3 Å². The molecule has 0 bridgehead atoms. The number of fused-ring (bicyclic) bond motifs is 3. The second-order valence-corrected chi connectivity index (χ2v) is 12.4. The number of rotatable bonds is 9. The lowest BCUT2D eigenvalue weighted by Crippen LogP contribution is -2.09. The first-order valence-corrected chi connectivity index (χ1v) is 16.9. The highest BCUT2D eigenvalue weighted by Crippen LogP contribution is 2.38. The molecular formula is C43H32N4O3. The lowest BCUT2D eigenvalue weighted by Gasteiger charge is -2.26. The fourth-order valence-electron chi connectivity index (χ4n) is 6.33. The van der Waals surface area contributed by atoms with E-state index in [-0.39, 0.29) is 0 Å². The Kier molecular flexibility index (Phi) is 7.43. The van der Waals surface area contributed by atoms with Gasteiger partial charge in [-0.1, -0.05) is 43.7 Å². The van der Waals surface area contributed by atoms with E-state index >= 15 is 0 Å². The van der Waals surface area contributed by atoms with Gasteiger partial charge in [-0.25, -0.2) is 15.0 Å². The van der Waals surface area contributed by atoms with Crippen LogP contribution in [0.25, 0.3) is 67.7 Å². The van der Waals surface area contributed by atoms with Gasteiger partial charge in [-0.3, -0.25) is 0 Å². The van der Waals surface area contributed by atoms with Crippen LogP contribution in [0.15, 0.2) is 153 Å². The number of aryl methyl sites for hydroxylation is 1. The summed E-state index contributed by atoms with van der Waals surface area (Å²) in [6.45, 7) is 2.21. The molecule has 3 heterocycles. The molecular weight excluding hydrogens is 620 g/mol. The summed E-state index contributed by atoms with van der Waals surface area (Å²) in [6, 6.07) is 46.8. The van der Waals surface area contributed by atoms with Crippen molar-refractivity contribution in [1.82, 2.24) is 15.0 Å². The minimum Gasteiger partial charge on any atom is -0.436 e. The molecule has 9 aromatic rings. The van der Waals surface area contributed by atoms with Crippen molar-refractivity contribution in [3.63, 3.8) is 0 Å². The Morgan fingerprint density at radius 3 is 1.32 bits per heavy atom. The lowest BCUT2D eigenvalue weighted by atomic mass is 10.1. The highest BCUT2D eigenvalue weighted by Gasteiger charge is 2.17. The molecule has 0 saturated heterocycles. The molecule has 0 aliphatic rings. The van der Waals surface area contributed by atoms with E-state index in [9.17, 15) is 0 Å². The lowest BCUT2D eigenvalue weighted by molar-refractivity contribution is 0.619. The van der Waals surface area contributed by atoms with Crippen LogP contribution >= 0.6 is 0 Å². The molecule has 50 heavy (non-hydrogen) atoms. The molecule has 0 atom stereocenters. The number of nitrogens with zero attached hydrogens (tertiary/aromatic N) is 4. The van der Waals surface area contributed by atoms with Gasteiger partial charge in [-0.2, -0.15) is 0 Å². The number of para-hydroxylation sites is 4. The Morgan fingerprint density at radius 1 is 0.460 bits per heavy atom. The minimum absolute atomic E-state index is 0.590. The predicted molar refractivity (Wildman–Crippen MR) is 199 cm³/mol. The summed E-state index contributed by atoms with van der Waals surface area (Å²) in [6.07, 6.45) is 3.37. The van der Waals surface area contributed by atoms with Crippen molar-refractivity contribution in [2.24, 2.45) is 0 Å². The van der Waals surface area contributed by atoms with Crippen molar-refractivity contribution in [3.05, 3.63) is 145 Å². The number of aromatic nitrogens is 3. The van der Waals surface area contributed by atoms with Gasteiger partial charge in [0.25, 0.3) is 0 Å². The Morgan fingerprint density at radius 2 is 0.880 bits per heavy atom. The maximum Gasteiger partial charge on any atom is 0.227 e. The van der Waals surface area contributed by atoms with Crippen molar-refractivity contribution < 1.29 is 13.3 Å². The molecule has 0 radical (unpaired) electrons. The van der Waals surface area contributed by atoms with E-state index in [2.05, 4.69) is 72.5 Å². The first-order chi connectivity index (χ1) is 24.7. The maximum atomic E-state index is 6.18. The minimum atomic E-state index is 0.590. The fraction of sp³-hybridized carbons (Fsp3) is 0.0930. The number of benzene rings is 6. The normalized spacial score (nSPS) is 11.5. The highest BCUT2D eigenvalue weighted by atomic mass is 16.4. The Bertz CT molecular complexity index is 2400. The van der Waals surface area contributed by atoms with Crippen LogP contribution in [0, 0.1) is 0 Å².